The Balaban J connectivity index is 2.84. The molecule has 1 aliphatic heterocycles. The second-order valence-corrected chi connectivity index (χ2v) is 4.82. The molecule has 0 aromatic heterocycles. The second-order valence-electron chi connectivity index (χ2n) is 4.82. The molecule has 1 aliphatic rings. The van der Waals surface area contributed by atoms with Crippen molar-refractivity contribution in [3.63, 3.8) is 0 Å². The van der Waals surface area contributed by atoms with Crippen LogP contribution in [0.3, 0.4) is 0 Å². The number of aldehydes is 1. The number of carbonyl (C=O) groups is 1. The fourth-order valence-corrected chi connectivity index (χ4v) is 1.84. The molecule has 78 valence electrons. The molecule has 0 amide bonds. The Kier molecular flexibility index (Phi) is 3.14. The van der Waals surface area contributed by atoms with E-state index >= 15 is 0 Å². The summed E-state index contributed by atoms with van der Waals surface area (Å²) in [7, 11) is 0. The lowest BCUT2D eigenvalue weighted by Gasteiger charge is -2.22. The van der Waals surface area contributed by atoms with E-state index in [0.717, 1.165) is 12.8 Å². The van der Waals surface area contributed by atoms with Gasteiger partial charge in [-0.3, -0.25) is 4.79 Å². The Labute approximate surface area is 86.3 Å². The van der Waals surface area contributed by atoms with E-state index in [0.29, 0.717) is 5.92 Å². The molecule has 0 unspecified atom stereocenters. The van der Waals surface area contributed by atoms with Crippen molar-refractivity contribution in [1.82, 2.24) is 4.90 Å². The van der Waals surface area contributed by atoms with Crippen LogP contribution in [0.25, 0.3) is 0 Å². The van der Waals surface area contributed by atoms with E-state index in [1.807, 2.05) is 6.20 Å². The highest BCUT2D eigenvalue weighted by Crippen LogP contribution is 2.34. The van der Waals surface area contributed by atoms with Crippen LogP contribution < -0.4 is 0 Å². The molecular weight excluding hydrogens is 174 g/mol. The highest BCUT2D eigenvalue weighted by Gasteiger charge is 2.28. The second kappa shape index (κ2) is 3.99. The SMILES string of the molecule is CC(C)C1=CC(C)(C)CN1/C=C/C=O. The average Bonchev–Trinajstić information content (AvgIpc) is 2.38. The summed E-state index contributed by atoms with van der Waals surface area (Å²) in [4.78, 5) is 12.4. The van der Waals surface area contributed by atoms with E-state index in [9.17, 15) is 4.79 Å². The summed E-state index contributed by atoms with van der Waals surface area (Å²) < 4.78 is 0. The third kappa shape index (κ3) is 2.47. The van der Waals surface area contributed by atoms with E-state index in [-0.39, 0.29) is 5.41 Å². The van der Waals surface area contributed by atoms with Gasteiger partial charge in [-0.05, 0) is 12.0 Å². The summed E-state index contributed by atoms with van der Waals surface area (Å²) in [5.74, 6) is 0.507. The molecule has 0 aromatic rings. The fourth-order valence-electron chi connectivity index (χ4n) is 1.84. The van der Waals surface area contributed by atoms with Crippen molar-refractivity contribution >= 4 is 6.29 Å². The molecule has 0 atom stereocenters. The molecular formula is C12H19NO. The number of rotatable bonds is 3. The molecule has 0 spiro atoms. The van der Waals surface area contributed by atoms with Gasteiger partial charge in [0.1, 0.15) is 6.29 Å². The maximum absolute atomic E-state index is 10.3. The van der Waals surface area contributed by atoms with Crippen molar-refractivity contribution in [3.05, 3.63) is 24.0 Å². The van der Waals surface area contributed by atoms with Crippen molar-refractivity contribution < 1.29 is 4.79 Å². The average molecular weight is 193 g/mol. The van der Waals surface area contributed by atoms with Crippen LogP contribution in [0.2, 0.25) is 0 Å². The maximum atomic E-state index is 10.3. The Hall–Kier alpha value is -1.05. The summed E-state index contributed by atoms with van der Waals surface area (Å²) >= 11 is 0. The summed E-state index contributed by atoms with van der Waals surface area (Å²) in [6, 6.07) is 0. The van der Waals surface area contributed by atoms with Crippen LogP contribution in [0.5, 0.6) is 0 Å². The van der Waals surface area contributed by atoms with Gasteiger partial charge in [-0.1, -0.05) is 33.8 Å². The molecule has 0 aliphatic carbocycles. The zero-order valence-electron chi connectivity index (χ0n) is 9.45. The zero-order chi connectivity index (χ0) is 10.8. The minimum atomic E-state index is 0.215. The third-order valence-corrected chi connectivity index (χ3v) is 2.38. The van der Waals surface area contributed by atoms with Crippen molar-refractivity contribution in [2.45, 2.75) is 27.7 Å². The molecule has 0 aromatic carbocycles. The van der Waals surface area contributed by atoms with Crippen molar-refractivity contribution in [3.8, 4) is 0 Å². The first-order valence-electron chi connectivity index (χ1n) is 5.07. The standard InChI is InChI=1S/C12H19NO/c1-10(2)11-8-12(3,4)9-13(11)6-5-7-14/h5-8,10H,9H2,1-4H3/b6-5+. The number of hydrogen-bond acceptors (Lipinski definition) is 2. The van der Waals surface area contributed by atoms with Gasteiger partial charge in [-0.25, -0.2) is 0 Å². The van der Waals surface area contributed by atoms with Gasteiger partial charge in [-0.2, -0.15) is 0 Å². The van der Waals surface area contributed by atoms with Gasteiger partial charge in [-0.15, -0.1) is 0 Å². The molecule has 2 heteroatoms. The minimum absolute atomic E-state index is 0.215. The molecule has 1 heterocycles. The first-order chi connectivity index (χ1) is 6.46. The van der Waals surface area contributed by atoms with Crippen LogP contribution in [0.4, 0.5) is 0 Å². The van der Waals surface area contributed by atoms with E-state index in [1.165, 1.54) is 5.70 Å². The lowest BCUT2D eigenvalue weighted by atomic mass is 9.94. The van der Waals surface area contributed by atoms with Gasteiger partial charge in [0.25, 0.3) is 0 Å². The molecule has 0 radical (unpaired) electrons. The predicted octanol–water partition coefficient (Wildman–Crippen LogP) is 2.58. The highest BCUT2D eigenvalue weighted by molar-refractivity contribution is 5.64. The van der Waals surface area contributed by atoms with Crippen LogP contribution in [-0.4, -0.2) is 17.7 Å². The molecule has 0 bridgehead atoms. The van der Waals surface area contributed by atoms with Crippen LogP contribution in [0.15, 0.2) is 24.0 Å². The van der Waals surface area contributed by atoms with Crippen LogP contribution in [-0.2, 0) is 4.79 Å². The van der Waals surface area contributed by atoms with Gasteiger partial charge in [0.15, 0.2) is 0 Å². The lowest BCUT2D eigenvalue weighted by molar-refractivity contribution is -0.104. The van der Waals surface area contributed by atoms with Gasteiger partial charge in [0, 0.05) is 23.9 Å². The quantitative estimate of drug-likeness (QED) is 0.507. The zero-order valence-corrected chi connectivity index (χ0v) is 9.45. The Morgan fingerprint density at radius 3 is 2.64 bits per heavy atom. The molecule has 0 saturated carbocycles. The number of nitrogens with zero attached hydrogens (tertiary/aromatic N) is 1. The van der Waals surface area contributed by atoms with Crippen LogP contribution in [0, 0.1) is 11.3 Å². The normalized spacial score (nSPS) is 20.6. The van der Waals surface area contributed by atoms with Crippen LogP contribution >= 0.6 is 0 Å². The summed E-state index contributed by atoms with van der Waals surface area (Å²) in [5, 5.41) is 0. The molecule has 0 N–H and O–H groups in total. The molecule has 0 fully saturated rings. The van der Waals surface area contributed by atoms with E-state index < -0.39 is 0 Å². The van der Waals surface area contributed by atoms with Crippen molar-refractivity contribution in [2.24, 2.45) is 11.3 Å². The minimum Gasteiger partial charge on any atom is -0.351 e. The Morgan fingerprint density at radius 1 is 1.50 bits per heavy atom. The van der Waals surface area contributed by atoms with Crippen molar-refractivity contribution in [2.75, 3.05) is 6.54 Å². The number of hydrogen-bond donors (Lipinski definition) is 0. The number of allylic oxidation sites excluding steroid dienone is 2. The van der Waals surface area contributed by atoms with Crippen molar-refractivity contribution in [1.29, 1.82) is 0 Å². The first-order valence-corrected chi connectivity index (χ1v) is 5.07. The molecule has 2 nitrogen and oxygen atoms in total. The van der Waals surface area contributed by atoms with Gasteiger partial charge < -0.3 is 4.90 Å². The largest absolute Gasteiger partial charge is 0.351 e. The van der Waals surface area contributed by atoms with E-state index in [1.54, 1.807) is 6.08 Å². The molecule has 1 rings (SSSR count). The first kappa shape index (κ1) is 11.0. The van der Waals surface area contributed by atoms with Gasteiger partial charge >= 0.3 is 0 Å². The monoisotopic (exact) mass is 193 g/mol. The summed E-state index contributed by atoms with van der Waals surface area (Å²) in [6.45, 7) is 9.74. The summed E-state index contributed by atoms with van der Waals surface area (Å²) in [6.07, 6.45) is 6.54. The van der Waals surface area contributed by atoms with E-state index in [2.05, 4.69) is 38.7 Å². The van der Waals surface area contributed by atoms with Gasteiger partial charge in [0.05, 0.1) is 0 Å². The van der Waals surface area contributed by atoms with Crippen LogP contribution in [0.1, 0.15) is 27.7 Å². The fraction of sp³-hybridized carbons (Fsp3) is 0.583. The number of carbonyl (C=O) groups excluding carboxylic acids is 1. The molecule has 14 heavy (non-hydrogen) atoms. The van der Waals surface area contributed by atoms with Gasteiger partial charge in [0.2, 0.25) is 0 Å². The highest BCUT2D eigenvalue weighted by atomic mass is 16.1. The lowest BCUT2D eigenvalue weighted by Crippen LogP contribution is -2.21. The Morgan fingerprint density at radius 2 is 2.14 bits per heavy atom. The predicted molar refractivity (Wildman–Crippen MR) is 58.6 cm³/mol. The maximum Gasteiger partial charge on any atom is 0.144 e. The third-order valence-electron chi connectivity index (χ3n) is 2.38. The molecule has 0 saturated heterocycles. The van der Waals surface area contributed by atoms with E-state index in [4.69, 9.17) is 0 Å². The summed E-state index contributed by atoms with van der Waals surface area (Å²) in [5.41, 5.74) is 1.53. The smallest absolute Gasteiger partial charge is 0.144 e. The topological polar surface area (TPSA) is 20.3 Å². The Bertz CT molecular complexity index is 274.